The zero-order chi connectivity index (χ0) is 9.52. The van der Waals surface area contributed by atoms with E-state index >= 15 is 0 Å². The minimum absolute atomic E-state index is 0.176. The Labute approximate surface area is 80.3 Å². The molecule has 0 heterocycles. The van der Waals surface area contributed by atoms with Crippen LogP contribution in [0.25, 0.3) is 0 Å². The van der Waals surface area contributed by atoms with Crippen LogP contribution < -0.4 is 0 Å². The molecule has 1 N–H and O–H groups in total. The summed E-state index contributed by atoms with van der Waals surface area (Å²) in [6.45, 7) is 0. The van der Waals surface area contributed by atoms with Gasteiger partial charge in [-0.15, -0.1) is 0 Å². The van der Waals surface area contributed by atoms with Gasteiger partial charge in [0.05, 0.1) is 6.10 Å². The molecule has 2 heteroatoms. The second kappa shape index (κ2) is 6.36. The summed E-state index contributed by atoms with van der Waals surface area (Å²) in [6, 6.07) is 0. The molecule has 0 aliphatic heterocycles. The van der Waals surface area contributed by atoms with Crippen molar-refractivity contribution >= 4 is 0 Å². The lowest BCUT2D eigenvalue weighted by Gasteiger charge is -2.09. The van der Waals surface area contributed by atoms with Crippen LogP contribution in [-0.4, -0.2) is 17.4 Å². The van der Waals surface area contributed by atoms with Gasteiger partial charge in [-0.2, -0.15) is 0 Å². The van der Waals surface area contributed by atoms with Crippen molar-refractivity contribution in [3.63, 3.8) is 0 Å². The maximum absolute atomic E-state index is 13.1. The summed E-state index contributed by atoms with van der Waals surface area (Å²) in [5.74, 6) is 0. The minimum atomic E-state index is -0.620. The molecule has 1 nitrogen and oxygen atoms in total. The molecule has 1 fully saturated rings. The summed E-state index contributed by atoms with van der Waals surface area (Å²) in [6.07, 6.45) is 7.56. The van der Waals surface area contributed by atoms with E-state index in [1.165, 1.54) is 0 Å². The van der Waals surface area contributed by atoms with Gasteiger partial charge < -0.3 is 5.11 Å². The Morgan fingerprint density at radius 3 is 2.08 bits per heavy atom. The quantitative estimate of drug-likeness (QED) is 0.619. The van der Waals surface area contributed by atoms with Crippen LogP contribution in [0.2, 0.25) is 0 Å². The van der Waals surface area contributed by atoms with Gasteiger partial charge in [0, 0.05) is 0 Å². The highest BCUT2D eigenvalue weighted by atomic mass is 19.1. The van der Waals surface area contributed by atoms with E-state index in [1.54, 1.807) is 0 Å². The average Bonchev–Trinajstić information content (AvgIpc) is 2.13. The molecule has 13 heavy (non-hydrogen) atoms. The second-order valence-electron chi connectivity index (χ2n) is 4.17. The summed E-state index contributed by atoms with van der Waals surface area (Å²) in [5.41, 5.74) is 0. The predicted molar refractivity (Wildman–Crippen MR) is 52.5 cm³/mol. The van der Waals surface area contributed by atoms with E-state index in [-0.39, 0.29) is 6.10 Å². The molecule has 2 atom stereocenters. The molecule has 0 aromatic carbocycles. The van der Waals surface area contributed by atoms with E-state index in [4.69, 9.17) is 0 Å². The van der Waals surface area contributed by atoms with Crippen molar-refractivity contribution in [2.24, 2.45) is 0 Å². The zero-order valence-corrected chi connectivity index (χ0v) is 8.34. The second-order valence-corrected chi connectivity index (χ2v) is 4.17. The van der Waals surface area contributed by atoms with Crippen molar-refractivity contribution < 1.29 is 9.50 Å². The van der Waals surface area contributed by atoms with Crippen LogP contribution in [0.15, 0.2) is 0 Å². The van der Waals surface area contributed by atoms with Crippen LogP contribution in [-0.2, 0) is 0 Å². The molecule has 1 aliphatic carbocycles. The monoisotopic (exact) mass is 188 g/mol. The fourth-order valence-electron chi connectivity index (χ4n) is 1.96. The Morgan fingerprint density at radius 2 is 1.31 bits per heavy atom. The molecular formula is C11H21FO. The van der Waals surface area contributed by atoms with Gasteiger partial charge in [-0.05, 0) is 32.1 Å². The lowest BCUT2D eigenvalue weighted by molar-refractivity contribution is 0.144. The topological polar surface area (TPSA) is 20.2 Å². The van der Waals surface area contributed by atoms with Gasteiger partial charge in [0.25, 0.3) is 0 Å². The summed E-state index contributed by atoms with van der Waals surface area (Å²) in [4.78, 5) is 0. The number of aliphatic hydroxyl groups excluding tert-OH is 1. The first-order chi connectivity index (χ1) is 6.29. The number of alkyl halides is 1. The molecule has 0 aromatic rings. The number of aliphatic hydroxyl groups is 1. The molecule has 0 bridgehead atoms. The van der Waals surface area contributed by atoms with Crippen LogP contribution in [0.4, 0.5) is 4.39 Å². The molecule has 0 spiro atoms. The van der Waals surface area contributed by atoms with Crippen LogP contribution in [0.5, 0.6) is 0 Å². The van der Waals surface area contributed by atoms with Gasteiger partial charge in [-0.3, -0.25) is 0 Å². The Kier molecular flexibility index (Phi) is 5.37. The first-order valence-corrected chi connectivity index (χ1v) is 5.61. The summed E-state index contributed by atoms with van der Waals surface area (Å²) < 4.78 is 13.1. The fraction of sp³-hybridized carbons (Fsp3) is 1.00. The van der Waals surface area contributed by atoms with Gasteiger partial charge >= 0.3 is 0 Å². The zero-order valence-electron chi connectivity index (χ0n) is 8.34. The van der Waals surface area contributed by atoms with Gasteiger partial charge in [-0.1, -0.05) is 25.7 Å². The molecule has 78 valence electrons. The number of halogens is 1. The van der Waals surface area contributed by atoms with E-state index in [2.05, 4.69) is 0 Å². The first kappa shape index (κ1) is 11.0. The van der Waals surface area contributed by atoms with E-state index in [9.17, 15) is 9.50 Å². The van der Waals surface area contributed by atoms with Crippen molar-refractivity contribution in [2.45, 2.75) is 70.1 Å². The SMILES string of the molecule is OC1CCCCCCC(F)CCC1. The first-order valence-electron chi connectivity index (χ1n) is 5.61. The fourth-order valence-corrected chi connectivity index (χ4v) is 1.96. The van der Waals surface area contributed by atoms with Gasteiger partial charge in [0.1, 0.15) is 6.17 Å². The van der Waals surface area contributed by atoms with Gasteiger partial charge in [0.2, 0.25) is 0 Å². The third kappa shape index (κ3) is 5.25. The molecule has 0 radical (unpaired) electrons. The summed E-state index contributed by atoms with van der Waals surface area (Å²) in [7, 11) is 0. The van der Waals surface area contributed by atoms with Crippen molar-refractivity contribution in [3.8, 4) is 0 Å². The van der Waals surface area contributed by atoms with Crippen molar-refractivity contribution in [3.05, 3.63) is 0 Å². The number of hydrogen-bond donors (Lipinski definition) is 1. The third-order valence-corrected chi connectivity index (χ3v) is 2.86. The summed E-state index contributed by atoms with van der Waals surface area (Å²) in [5, 5.41) is 9.49. The van der Waals surface area contributed by atoms with Gasteiger partial charge in [-0.25, -0.2) is 4.39 Å². The molecule has 1 aliphatic rings. The Bertz CT molecular complexity index is 113. The van der Waals surface area contributed by atoms with E-state index in [0.29, 0.717) is 6.42 Å². The van der Waals surface area contributed by atoms with E-state index in [0.717, 1.165) is 51.4 Å². The Morgan fingerprint density at radius 1 is 0.769 bits per heavy atom. The minimum Gasteiger partial charge on any atom is -0.393 e. The Balaban J connectivity index is 2.23. The normalized spacial score (nSPS) is 33.7. The summed E-state index contributed by atoms with van der Waals surface area (Å²) >= 11 is 0. The van der Waals surface area contributed by atoms with Gasteiger partial charge in [0.15, 0.2) is 0 Å². The molecule has 1 rings (SSSR count). The molecule has 0 amide bonds. The van der Waals surface area contributed by atoms with Crippen molar-refractivity contribution in [2.75, 3.05) is 0 Å². The highest BCUT2D eigenvalue weighted by Crippen LogP contribution is 2.18. The number of rotatable bonds is 0. The highest BCUT2D eigenvalue weighted by molar-refractivity contribution is 4.63. The van der Waals surface area contributed by atoms with Crippen LogP contribution in [0.3, 0.4) is 0 Å². The highest BCUT2D eigenvalue weighted by Gasteiger charge is 2.10. The van der Waals surface area contributed by atoms with Crippen LogP contribution >= 0.6 is 0 Å². The Hall–Kier alpha value is -0.110. The molecule has 0 saturated heterocycles. The van der Waals surface area contributed by atoms with E-state index < -0.39 is 6.17 Å². The van der Waals surface area contributed by atoms with Crippen LogP contribution in [0, 0.1) is 0 Å². The lowest BCUT2D eigenvalue weighted by Crippen LogP contribution is -2.07. The maximum Gasteiger partial charge on any atom is 0.100 e. The largest absolute Gasteiger partial charge is 0.393 e. The van der Waals surface area contributed by atoms with Crippen molar-refractivity contribution in [1.82, 2.24) is 0 Å². The van der Waals surface area contributed by atoms with Crippen molar-refractivity contribution in [1.29, 1.82) is 0 Å². The lowest BCUT2D eigenvalue weighted by atomic mass is 10.1. The molecular weight excluding hydrogens is 167 g/mol. The predicted octanol–water partition coefficient (Wildman–Crippen LogP) is 3.21. The van der Waals surface area contributed by atoms with Crippen LogP contribution in [0.1, 0.15) is 57.8 Å². The smallest absolute Gasteiger partial charge is 0.100 e. The molecule has 1 saturated carbocycles. The third-order valence-electron chi connectivity index (χ3n) is 2.86. The molecule has 0 aromatic heterocycles. The molecule has 2 unspecified atom stereocenters. The van der Waals surface area contributed by atoms with E-state index in [1.807, 2.05) is 0 Å². The number of hydrogen-bond acceptors (Lipinski definition) is 1. The standard InChI is InChI=1S/C11H21FO/c12-10-6-3-1-2-4-8-11(13)9-5-7-10/h10-11,13H,1-9H2. The maximum atomic E-state index is 13.1. The average molecular weight is 188 g/mol.